The van der Waals surface area contributed by atoms with Crippen LogP contribution in [-0.4, -0.2) is 21.5 Å². The first-order chi connectivity index (χ1) is 4.45. The van der Waals surface area contributed by atoms with Crippen LogP contribution < -0.4 is 5.90 Å². The summed E-state index contributed by atoms with van der Waals surface area (Å²) in [7, 11) is 0. The Bertz CT molecular complexity index is 139. The van der Waals surface area contributed by atoms with E-state index in [1.54, 1.807) is 6.92 Å². The van der Waals surface area contributed by atoms with E-state index in [4.69, 9.17) is 11.0 Å². The minimum atomic E-state index is -1.35. The van der Waals surface area contributed by atoms with Crippen molar-refractivity contribution in [2.24, 2.45) is 5.90 Å². The van der Waals surface area contributed by atoms with Gasteiger partial charge in [0.2, 0.25) is 0 Å². The van der Waals surface area contributed by atoms with Crippen molar-refractivity contribution in [1.29, 1.82) is 0 Å². The fraction of sp³-hybridized carbons (Fsp3) is 0.800. The van der Waals surface area contributed by atoms with E-state index in [2.05, 4.69) is 20.8 Å². The van der Waals surface area contributed by atoms with Crippen LogP contribution >= 0.6 is 15.9 Å². The maximum absolute atomic E-state index is 10.5. The number of rotatable bonds is 3. The molecule has 0 aromatic rings. The van der Waals surface area contributed by atoms with Crippen LogP contribution in [0.4, 0.5) is 0 Å². The maximum Gasteiger partial charge on any atom is 0.338 e. The van der Waals surface area contributed by atoms with Crippen molar-refractivity contribution in [1.82, 2.24) is 0 Å². The van der Waals surface area contributed by atoms with E-state index in [9.17, 15) is 4.79 Å². The summed E-state index contributed by atoms with van der Waals surface area (Å²) in [4.78, 5) is 14.4. The van der Waals surface area contributed by atoms with Crippen LogP contribution in [0.5, 0.6) is 0 Å². The lowest BCUT2D eigenvalue weighted by Gasteiger charge is -2.24. The average Bonchev–Trinajstić information content (AvgIpc) is 1.85. The van der Waals surface area contributed by atoms with Crippen molar-refractivity contribution < 1.29 is 14.7 Å². The quantitative estimate of drug-likeness (QED) is 0.527. The number of nitrogens with two attached hydrogens (primary N) is 1. The molecule has 0 aliphatic heterocycles. The molecule has 0 radical (unpaired) electrons. The topological polar surface area (TPSA) is 72.5 Å². The number of hydrogen-bond acceptors (Lipinski definition) is 3. The van der Waals surface area contributed by atoms with E-state index in [1.807, 2.05) is 0 Å². The molecule has 0 spiro atoms. The second-order valence-corrected chi connectivity index (χ2v) is 3.52. The van der Waals surface area contributed by atoms with E-state index in [-0.39, 0.29) is 4.83 Å². The predicted octanol–water partition coefficient (Wildman–Crippen LogP) is 0.503. The SMILES string of the molecule is CC(Br)C(C)(ON)C(=O)O. The first-order valence-corrected chi connectivity index (χ1v) is 3.62. The lowest BCUT2D eigenvalue weighted by atomic mass is 10.0. The van der Waals surface area contributed by atoms with Crippen molar-refractivity contribution in [2.75, 3.05) is 0 Å². The molecule has 0 rings (SSSR count). The van der Waals surface area contributed by atoms with Crippen LogP contribution in [0.3, 0.4) is 0 Å². The van der Waals surface area contributed by atoms with E-state index in [0.29, 0.717) is 0 Å². The van der Waals surface area contributed by atoms with Gasteiger partial charge in [0.25, 0.3) is 0 Å². The van der Waals surface area contributed by atoms with Gasteiger partial charge in [-0.15, -0.1) is 0 Å². The molecule has 0 aliphatic rings. The molecule has 2 unspecified atom stereocenters. The average molecular weight is 212 g/mol. The van der Waals surface area contributed by atoms with Gasteiger partial charge in [-0.3, -0.25) is 4.84 Å². The third kappa shape index (κ3) is 1.68. The molecule has 10 heavy (non-hydrogen) atoms. The van der Waals surface area contributed by atoms with Crippen molar-refractivity contribution in [3.05, 3.63) is 0 Å². The molecule has 0 aromatic carbocycles. The number of carboxylic acid groups (broad SMARTS) is 1. The molecule has 0 amide bonds. The highest BCUT2D eigenvalue weighted by atomic mass is 79.9. The minimum Gasteiger partial charge on any atom is -0.479 e. The molecule has 2 atom stereocenters. The predicted molar refractivity (Wildman–Crippen MR) is 39.7 cm³/mol. The second-order valence-electron chi connectivity index (χ2n) is 2.15. The summed E-state index contributed by atoms with van der Waals surface area (Å²) in [5.41, 5.74) is -1.35. The Labute approximate surface area is 67.4 Å². The number of hydrogen-bond donors (Lipinski definition) is 2. The van der Waals surface area contributed by atoms with Gasteiger partial charge in [-0.05, 0) is 13.8 Å². The molecule has 4 nitrogen and oxygen atoms in total. The van der Waals surface area contributed by atoms with Crippen LogP contribution in [0.25, 0.3) is 0 Å². The molecule has 0 aromatic heterocycles. The van der Waals surface area contributed by atoms with Crippen molar-refractivity contribution in [2.45, 2.75) is 24.3 Å². The lowest BCUT2D eigenvalue weighted by molar-refractivity contribution is -0.163. The van der Waals surface area contributed by atoms with Gasteiger partial charge in [0.15, 0.2) is 5.60 Å². The van der Waals surface area contributed by atoms with Gasteiger partial charge < -0.3 is 5.11 Å². The van der Waals surface area contributed by atoms with E-state index >= 15 is 0 Å². The zero-order valence-corrected chi connectivity index (χ0v) is 7.38. The number of alkyl halides is 1. The zero-order valence-electron chi connectivity index (χ0n) is 5.80. The van der Waals surface area contributed by atoms with Gasteiger partial charge in [0, 0.05) is 0 Å². The highest BCUT2D eigenvalue weighted by molar-refractivity contribution is 9.09. The Kier molecular flexibility index (Phi) is 3.27. The molecule has 0 bridgehead atoms. The van der Waals surface area contributed by atoms with E-state index in [1.165, 1.54) is 6.92 Å². The Balaban J connectivity index is 4.38. The van der Waals surface area contributed by atoms with Crippen molar-refractivity contribution in [3.63, 3.8) is 0 Å². The summed E-state index contributed by atoms with van der Waals surface area (Å²) in [6.07, 6.45) is 0. The van der Waals surface area contributed by atoms with Gasteiger partial charge >= 0.3 is 5.97 Å². The Morgan fingerprint density at radius 3 is 2.30 bits per heavy atom. The van der Waals surface area contributed by atoms with Gasteiger partial charge in [0.1, 0.15) is 0 Å². The first-order valence-electron chi connectivity index (χ1n) is 2.70. The summed E-state index contributed by atoms with van der Waals surface area (Å²) in [5.74, 6) is 3.71. The molecule has 0 aliphatic carbocycles. The van der Waals surface area contributed by atoms with Crippen molar-refractivity contribution in [3.8, 4) is 0 Å². The molecule has 60 valence electrons. The summed E-state index contributed by atoms with van der Waals surface area (Å²) >= 11 is 3.07. The van der Waals surface area contributed by atoms with E-state index in [0.717, 1.165) is 0 Å². The highest BCUT2D eigenvalue weighted by Crippen LogP contribution is 2.20. The summed E-state index contributed by atoms with van der Waals surface area (Å²) in [6, 6.07) is 0. The molecular weight excluding hydrogens is 202 g/mol. The van der Waals surface area contributed by atoms with Gasteiger partial charge in [-0.25, -0.2) is 10.7 Å². The Hall–Kier alpha value is -0.130. The van der Waals surface area contributed by atoms with Crippen molar-refractivity contribution >= 4 is 21.9 Å². The third-order valence-electron chi connectivity index (χ3n) is 1.43. The zero-order chi connectivity index (χ0) is 8.36. The number of aliphatic carboxylic acids is 1. The number of carbonyl (C=O) groups is 1. The minimum absolute atomic E-state index is 0.331. The molecule has 0 heterocycles. The fourth-order valence-electron chi connectivity index (χ4n) is 0.314. The monoisotopic (exact) mass is 211 g/mol. The first kappa shape index (κ1) is 9.87. The van der Waals surface area contributed by atoms with Crippen LogP contribution in [-0.2, 0) is 9.63 Å². The summed E-state index contributed by atoms with van der Waals surface area (Å²) in [6.45, 7) is 3.05. The molecule has 3 N–H and O–H groups in total. The summed E-state index contributed by atoms with van der Waals surface area (Å²) in [5, 5.41) is 8.57. The van der Waals surface area contributed by atoms with Crippen LogP contribution in [0.2, 0.25) is 0 Å². The van der Waals surface area contributed by atoms with Crippen LogP contribution in [0.15, 0.2) is 0 Å². The molecule has 0 saturated carbocycles. The number of halogens is 1. The lowest BCUT2D eigenvalue weighted by Crippen LogP contribution is -2.47. The molecule has 0 fully saturated rings. The maximum atomic E-state index is 10.5. The second kappa shape index (κ2) is 3.32. The normalized spacial score (nSPS) is 19.6. The molecule has 0 saturated heterocycles. The van der Waals surface area contributed by atoms with Gasteiger partial charge in [-0.2, -0.15) is 0 Å². The summed E-state index contributed by atoms with van der Waals surface area (Å²) < 4.78 is 0. The van der Waals surface area contributed by atoms with Crippen LogP contribution in [0, 0.1) is 0 Å². The van der Waals surface area contributed by atoms with Gasteiger partial charge in [-0.1, -0.05) is 15.9 Å². The standard InChI is InChI=1S/C5H10BrNO3/c1-3(6)5(2,10-7)4(8)9/h3H,7H2,1-2H3,(H,8,9). The smallest absolute Gasteiger partial charge is 0.338 e. The Morgan fingerprint density at radius 2 is 2.30 bits per heavy atom. The third-order valence-corrected chi connectivity index (χ3v) is 2.30. The molecule has 5 heteroatoms. The Morgan fingerprint density at radius 1 is 1.90 bits per heavy atom. The van der Waals surface area contributed by atoms with E-state index < -0.39 is 11.6 Å². The van der Waals surface area contributed by atoms with Gasteiger partial charge in [0.05, 0.1) is 4.83 Å². The fourth-order valence-corrected chi connectivity index (χ4v) is 0.618. The molecular formula is C5H10BrNO3. The van der Waals surface area contributed by atoms with Crippen LogP contribution in [0.1, 0.15) is 13.8 Å². The number of carboxylic acids is 1. The largest absolute Gasteiger partial charge is 0.479 e. The highest BCUT2D eigenvalue weighted by Gasteiger charge is 2.38.